The van der Waals surface area contributed by atoms with Crippen LogP contribution in [0.2, 0.25) is 0 Å². The van der Waals surface area contributed by atoms with Crippen LogP contribution in [0.1, 0.15) is 24.3 Å². The molecule has 10 heteroatoms. The average Bonchev–Trinajstić information content (AvgIpc) is 3.66. The second-order valence-electron chi connectivity index (χ2n) is 9.42. The zero-order valence-electron chi connectivity index (χ0n) is 21.0. The first kappa shape index (κ1) is 24.3. The van der Waals surface area contributed by atoms with Gasteiger partial charge in [-0.3, -0.25) is 4.31 Å². The number of hydrogen-bond acceptors (Lipinski definition) is 6. The van der Waals surface area contributed by atoms with Crippen molar-refractivity contribution in [1.82, 2.24) is 9.62 Å². The van der Waals surface area contributed by atoms with Gasteiger partial charge in [0, 0.05) is 38.8 Å². The fourth-order valence-electron chi connectivity index (χ4n) is 4.67. The van der Waals surface area contributed by atoms with Crippen LogP contribution in [0.15, 0.2) is 71.1 Å². The molecule has 196 valence electrons. The number of carbonyl (C=O) groups is 1. The van der Waals surface area contributed by atoms with Gasteiger partial charge < -0.3 is 19.2 Å². The molecular weight excluding hydrogens is 506 g/mol. The van der Waals surface area contributed by atoms with Crippen molar-refractivity contribution in [2.45, 2.75) is 18.8 Å². The maximum Gasteiger partial charge on any atom is 0.412 e. The molecule has 0 unspecified atom stereocenters. The van der Waals surface area contributed by atoms with E-state index in [1.807, 2.05) is 60.7 Å². The average molecular weight is 534 g/mol. The van der Waals surface area contributed by atoms with E-state index < -0.39 is 16.3 Å². The molecule has 0 bridgehead atoms. The number of carbonyl (C=O) groups excluding carboxylic acids is 1. The molecule has 1 aliphatic carbocycles. The van der Waals surface area contributed by atoms with Crippen LogP contribution < -0.4 is 19.1 Å². The number of nitrogens with zero attached hydrogens (tertiary/aromatic N) is 2. The summed E-state index contributed by atoms with van der Waals surface area (Å²) in [6.45, 7) is 0.776. The van der Waals surface area contributed by atoms with E-state index in [-0.39, 0.29) is 11.7 Å². The van der Waals surface area contributed by atoms with Crippen molar-refractivity contribution < 1.29 is 27.1 Å². The number of furan rings is 1. The smallest absolute Gasteiger partial charge is 0.412 e. The van der Waals surface area contributed by atoms with E-state index in [2.05, 4.69) is 5.32 Å². The molecule has 3 aromatic carbocycles. The van der Waals surface area contributed by atoms with Crippen molar-refractivity contribution in [3.63, 3.8) is 0 Å². The van der Waals surface area contributed by atoms with Crippen LogP contribution in [0.5, 0.6) is 17.2 Å². The van der Waals surface area contributed by atoms with Crippen molar-refractivity contribution in [2.75, 3.05) is 31.5 Å². The van der Waals surface area contributed by atoms with E-state index >= 15 is 0 Å². The summed E-state index contributed by atoms with van der Waals surface area (Å²) in [5.74, 6) is 2.26. The Balaban J connectivity index is 1.45. The van der Waals surface area contributed by atoms with Crippen LogP contribution in [0.4, 0.5) is 10.5 Å². The zero-order chi connectivity index (χ0) is 26.4. The molecule has 0 radical (unpaired) electrons. The molecule has 2 aliphatic rings. The molecule has 1 saturated carbocycles. The number of hydrogen-bond donors (Lipinski definition) is 1. The van der Waals surface area contributed by atoms with Gasteiger partial charge in [-0.15, -0.1) is 0 Å². The molecule has 1 aromatic heterocycles. The maximum absolute atomic E-state index is 13.0. The van der Waals surface area contributed by atoms with E-state index in [4.69, 9.17) is 13.9 Å². The van der Waals surface area contributed by atoms with E-state index in [0.717, 1.165) is 24.2 Å². The predicted octanol–water partition coefficient (Wildman–Crippen LogP) is 5.48. The maximum atomic E-state index is 13.0. The summed E-state index contributed by atoms with van der Waals surface area (Å²) in [5, 5.41) is 3.10. The minimum atomic E-state index is -3.61. The number of likely N-dealkylation sites (N-methyl/N-ethyl adjacent to an activating group) is 1. The van der Waals surface area contributed by atoms with Gasteiger partial charge in [0.05, 0.1) is 11.1 Å². The van der Waals surface area contributed by atoms with E-state index in [9.17, 15) is 13.2 Å². The fourth-order valence-corrected chi connectivity index (χ4v) is 6.04. The lowest BCUT2D eigenvalue weighted by atomic mass is 10.0. The van der Waals surface area contributed by atoms with Crippen molar-refractivity contribution in [2.24, 2.45) is 0 Å². The summed E-state index contributed by atoms with van der Waals surface area (Å²) < 4.78 is 46.6. The molecule has 4 aromatic rings. The summed E-state index contributed by atoms with van der Waals surface area (Å²) in [6.07, 6.45) is 1.32. The SMILES string of the molecule is CNC(=O)Oc1c(-c2ccc(Oc3ccccc3)cc2)oc2cc(N3CCN(C)S3(=O)=O)c(C3CC3)cc12. The Bertz CT molecular complexity index is 1610. The van der Waals surface area contributed by atoms with Gasteiger partial charge in [0.15, 0.2) is 11.5 Å². The van der Waals surface area contributed by atoms with E-state index in [1.54, 1.807) is 13.1 Å². The Morgan fingerprint density at radius 1 is 1.00 bits per heavy atom. The van der Waals surface area contributed by atoms with Crippen LogP contribution in [0.3, 0.4) is 0 Å². The molecule has 1 saturated heterocycles. The number of fused-ring (bicyclic) bond motifs is 1. The molecule has 0 atom stereocenters. The van der Waals surface area contributed by atoms with Gasteiger partial charge in [0.25, 0.3) is 0 Å². The second-order valence-corrected chi connectivity index (χ2v) is 11.4. The molecule has 0 spiro atoms. The third kappa shape index (κ3) is 4.35. The lowest BCUT2D eigenvalue weighted by Gasteiger charge is -2.21. The molecular formula is C28H27N3O6S. The third-order valence-electron chi connectivity index (χ3n) is 6.86. The first-order chi connectivity index (χ1) is 18.3. The largest absolute Gasteiger partial charge is 0.457 e. The van der Waals surface area contributed by atoms with Gasteiger partial charge in [-0.1, -0.05) is 18.2 Å². The Labute approximate surface area is 220 Å². The summed E-state index contributed by atoms with van der Waals surface area (Å²) in [5.41, 5.74) is 2.65. The zero-order valence-corrected chi connectivity index (χ0v) is 21.8. The van der Waals surface area contributed by atoms with Crippen molar-refractivity contribution in [1.29, 1.82) is 0 Å². The van der Waals surface area contributed by atoms with Crippen molar-refractivity contribution in [3.8, 4) is 28.6 Å². The number of nitrogens with one attached hydrogen (secondary N) is 1. The number of anilines is 1. The monoisotopic (exact) mass is 533 g/mol. The van der Waals surface area contributed by atoms with Crippen LogP contribution in [0.25, 0.3) is 22.3 Å². The minimum Gasteiger partial charge on any atom is -0.457 e. The molecule has 9 nitrogen and oxygen atoms in total. The Hall–Kier alpha value is -4.02. The normalized spacial score (nSPS) is 17.1. The van der Waals surface area contributed by atoms with Gasteiger partial charge >= 0.3 is 16.3 Å². The first-order valence-corrected chi connectivity index (χ1v) is 13.8. The highest BCUT2D eigenvalue weighted by atomic mass is 32.2. The highest BCUT2D eigenvalue weighted by Gasteiger charge is 2.38. The van der Waals surface area contributed by atoms with Gasteiger partial charge in [-0.05, 0) is 66.8 Å². The lowest BCUT2D eigenvalue weighted by Crippen LogP contribution is -2.31. The van der Waals surface area contributed by atoms with E-state index in [0.29, 0.717) is 46.8 Å². The number of para-hydroxylation sites is 1. The van der Waals surface area contributed by atoms with Crippen molar-refractivity contribution >= 4 is 33.0 Å². The molecule has 2 heterocycles. The summed E-state index contributed by atoms with van der Waals surface area (Å²) >= 11 is 0. The second kappa shape index (κ2) is 9.38. The third-order valence-corrected chi connectivity index (χ3v) is 8.77. The number of benzene rings is 3. The molecule has 1 aliphatic heterocycles. The number of rotatable bonds is 6. The first-order valence-electron chi connectivity index (χ1n) is 12.4. The summed E-state index contributed by atoms with van der Waals surface area (Å²) in [7, 11) is -0.541. The van der Waals surface area contributed by atoms with Crippen LogP contribution in [-0.2, 0) is 10.2 Å². The Morgan fingerprint density at radius 3 is 2.34 bits per heavy atom. The molecule has 1 N–H and O–H groups in total. The van der Waals surface area contributed by atoms with Gasteiger partial charge in [0.1, 0.15) is 17.1 Å². The number of ether oxygens (including phenoxy) is 2. The Morgan fingerprint density at radius 2 is 1.71 bits per heavy atom. The molecule has 2 fully saturated rings. The van der Waals surface area contributed by atoms with Gasteiger partial charge in [-0.25, -0.2) is 4.79 Å². The Kier molecular flexibility index (Phi) is 6.00. The van der Waals surface area contributed by atoms with Gasteiger partial charge in [-0.2, -0.15) is 12.7 Å². The van der Waals surface area contributed by atoms with Crippen LogP contribution >= 0.6 is 0 Å². The summed E-state index contributed by atoms with van der Waals surface area (Å²) in [4.78, 5) is 12.3. The quantitative estimate of drug-likeness (QED) is 0.352. The van der Waals surface area contributed by atoms with Gasteiger partial charge in [0.2, 0.25) is 0 Å². The molecule has 6 rings (SSSR count). The summed E-state index contributed by atoms with van der Waals surface area (Å²) in [6, 6.07) is 20.4. The van der Waals surface area contributed by atoms with Crippen LogP contribution in [-0.4, -0.2) is 46.0 Å². The van der Waals surface area contributed by atoms with Crippen molar-refractivity contribution in [3.05, 3.63) is 72.3 Å². The van der Waals surface area contributed by atoms with E-state index in [1.165, 1.54) is 15.7 Å². The molecule has 38 heavy (non-hydrogen) atoms. The van der Waals surface area contributed by atoms with Crippen LogP contribution in [0, 0.1) is 0 Å². The molecule has 1 amide bonds. The minimum absolute atomic E-state index is 0.246. The lowest BCUT2D eigenvalue weighted by molar-refractivity contribution is 0.203. The topological polar surface area (TPSA) is 101 Å². The standard InChI is InChI=1S/C28H27N3O6S/c1-29-28(32)37-27-23-16-22(18-8-9-18)24(31-15-14-30(2)38(31,33)34)17-25(23)36-26(27)19-10-12-21(13-11-19)35-20-6-4-3-5-7-20/h3-7,10-13,16-18H,8-9,14-15H2,1-2H3,(H,29,32). The highest BCUT2D eigenvalue weighted by molar-refractivity contribution is 7.90. The fraction of sp³-hybridized carbons (Fsp3) is 0.250. The number of amides is 1. The predicted molar refractivity (Wildman–Crippen MR) is 144 cm³/mol. The highest BCUT2D eigenvalue weighted by Crippen LogP contribution is 2.50.